The highest BCUT2D eigenvalue weighted by molar-refractivity contribution is 6.22. The predicted octanol–water partition coefficient (Wildman–Crippen LogP) is 9.24. The van der Waals surface area contributed by atoms with Gasteiger partial charge in [-0.25, -0.2) is 0 Å². The summed E-state index contributed by atoms with van der Waals surface area (Å²) in [6.07, 6.45) is 59.4. The van der Waals surface area contributed by atoms with Crippen LogP contribution < -0.4 is 26.6 Å². The van der Waals surface area contributed by atoms with Crippen LogP contribution in [0, 0.1) is 0 Å². The predicted molar refractivity (Wildman–Crippen MR) is 289 cm³/mol. The Morgan fingerprint density at radius 2 is 1.10 bits per heavy atom. The number of rotatable bonds is 36. The van der Waals surface area contributed by atoms with Crippen molar-refractivity contribution in [1.29, 1.82) is 0 Å². The molecule has 0 aromatic rings. The molecule has 13 nitrogen and oxygen atoms in total. The van der Waals surface area contributed by atoms with Crippen molar-refractivity contribution in [2.24, 2.45) is 9.98 Å². The van der Waals surface area contributed by atoms with Gasteiger partial charge in [0.25, 0.3) is 5.91 Å². The van der Waals surface area contributed by atoms with E-state index in [2.05, 4.69) is 178 Å². The number of hydrogen-bond acceptors (Lipinski definition) is 9. The van der Waals surface area contributed by atoms with Crippen LogP contribution in [0.15, 0.2) is 144 Å². The molecule has 2 rings (SSSR count). The number of allylic oxidation sites excluding steroid dienone is 22. The molecule has 4 amide bonds. The SMILES string of the molecule is CCC=CCC=CCC=CCC=CCC=CCC=CCCC(=O)NCCCC[C@H](NC(=O)CCCC=CCC=CCC=CCC=CCC=CCC)C(=O)NC1=NC2=NC[C@H]([C@@H](O)[C@H](C)O)NC2C(=O)N1. The van der Waals surface area contributed by atoms with Gasteiger partial charge in [0.1, 0.15) is 12.1 Å². The molecule has 384 valence electrons. The first-order chi connectivity index (χ1) is 34.2. The molecule has 5 atom stereocenters. The van der Waals surface area contributed by atoms with Gasteiger partial charge in [-0.2, -0.15) is 4.99 Å². The number of aliphatic hydroxyl groups is 2. The van der Waals surface area contributed by atoms with Gasteiger partial charge >= 0.3 is 0 Å². The summed E-state index contributed by atoms with van der Waals surface area (Å²) in [5.41, 5.74) is 0. The Bertz CT molecular complexity index is 1920. The molecule has 0 aromatic heterocycles. The second kappa shape index (κ2) is 41.1. The molecule has 0 saturated carbocycles. The fourth-order valence-corrected chi connectivity index (χ4v) is 6.98. The third kappa shape index (κ3) is 30.7. The summed E-state index contributed by atoms with van der Waals surface area (Å²) in [7, 11) is 0. The summed E-state index contributed by atoms with van der Waals surface area (Å²) in [6.45, 7) is 6.23. The molecule has 0 fully saturated rings. The highest BCUT2D eigenvalue weighted by Crippen LogP contribution is 2.12. The first-order valence-corrected chi connectivity index (χ1v) is 25.7. The highest BCUT2D eigenvalue weighted by Gasteiger charge is 2.38. The molecule has 0 radical (unpaired) electrons. The van der Waals surface area contributed by atoms with Crippen molar-refractivity contribution in [3.05, 3.63) is 134 Å². The number of carbonyl (C=O) groups excluding carboxylic acids is 4. The van der Waals surface area contributed by atoms with E-state index >= 15 is 0 Å². The topological polar surface area (TPSA) is 194 Å². The van der Waals surface area contributed by atoms with E-state index in [4.69, 9.17) is 0 Å². The Balaban J connectivity index is 1.78. The molecule has 2 aliphatic heterocycles. The minimum Gasteiger partial charge on any atom is -0.391 e. The Morgan fingerprint density at radius 1 is 0.629 bits per heavy atom. The third-order valence-corrected chi connectivity index (χ3v) is 10.9. The van der Waals surface area contributed by atoms with Crippen molar-refractivity contribution in [1.82, 2.24) is 26.6 Å². The number of unbranched alkanes of at least 4 members (excludes halogenated alkanes) is 2. The molecule has 2 heterocycles. The standard InChI is InChI=1S/C57H85N7O6/c1-4-6-8-10-12-14-16-18-20-22-23-25-26-28-30-32-34-36-38-43-50(66)58-45-41-40-42-48(55(69)63-57-62-54-52(56(70)64-57)61-49(46-59-54)53(68)47(3)65)60-51(67)44-39-37-35-33-31-29-27-24-21-19-17-15-13-11-9-7-5-2/h6-9,12-15,18-21,23,25,27-30,33-36,47-49,52-53,61,65,68H,4-5,10-11,16-17,22,24,26,31-32,37-46H2,1-3H3,(H,58,66)(H,60,67)(H2,59,62,63,64,69,70)/t47-,48-,49+,52?,53-/m0/s1. The van der Waals surface area contributed by atoms with Crippen molar-refractivity contribution in [2.75, 3.05) is 13.1 Å². The number of hydrogen-bond donors (Lipinski definition) is 7. The first kappa shape index (κ1) is 60.4. The molecule has 0 aromatic carbocycles. The second-order valence-electron chi connectivity index (χ2n) is 17.1. The van der Waals surface area contributed by atoms with Gasteiger partial charge in [-0.05, 0) is 116 Å². The molecule has 0 bridgehead atoms. The van der Waals surface area contributed by atoms with E-state index in [-0.39, 0.29) is 36.6 Å². The van der Waals surface area contributed by atoms with Crippen molar-refractivity contribution < 1.29 is 29.4 Å². The number of amides is 4. The summed E-state index contributed by atoms with van der Waals surface area (Å²) < 4.78 is 0. The van der Waals surface area contributed by atoms with Crippen LogP contribution in [0.4, 0.5) is 0 Å². The zero-order valence-corrected chi connectivity index (χ0v) is 42.4. The maximum atomic E-state index is 13.6. The van der Waals surface area contributed by atoms with Crippen LogP contribution in [0.3, 0.4) is 0 Å². The Labute approximate surface area is 419 Å². The smallest absolute Gasteiger partial charge is 0.251 e. The number of amidine groups is 1. The van der Waals surface area contributed by atoms with E-state index in [1.165, 1.54) is 6.92 Å². The summed E-state index contributed by atoms with van der Waals surface area (Å²) >= 11 is 0. The highest BCUT2D eigenvalue weighted by atomic mass is 16.3. The molecular formula is C57H85N7O6. The first-order valence-electron chi connectivity index (χ1n) is 25.7. The van der Waals surface area contributed by atoms with E-state index in [0.29, 0.717) is 51.5 Å². The van der Waals surface area contributed by atoms with Crippen molar-refractivity contribution in [3.63, 3.8) is 0 Å². The normalized spacial score (nSPS) is 18.2. The number of aliphatic hydroxyl groups excluding tert-OH is 2. The maximum Gasteiger partial charge on any atom is 0.251 e. The van der Waals surface area contributed by atoms with Gasteiger partial charge in [0.05, 0.1) is 24.8 Å². The van der Waals surface area contributed by atoms with Gasteiger partial charge in [0, 0.05) is 19.4 Å². The molecule has 0 saturated heterocycles. The van der Waals surface area contributed by atoms with Crippen LogP contribution in [-0.4, -0.2) is 89.1 Å². The van der Waals surface area contributed by atoms with E-state index in [1.807, 2.05) is 6.08 Å². The third-order valence-electron chi connectivity index (χ3n) is 10.9. The van der Waals surface area contributed by atoms with E-state index in [1.54, 1.807) is 0 Å². The largest absolute Gasteiger partial charge is 0.391 e. The average Bonchev–Trinajstić information content (AvgIpc) is 3.34. The summed E-state index contributed by atoms with van der Waals surface area (Å²) in [4.78, 5) is 60.8. The van der Waals surface area contributed by atoms with Crippen LogP contribution in [0.1, 0.15) is 143 Å². The molecule has 7 N–H and O–H groups in total. The molecule has 0 aliphatic carbocycles. The second-order valence-corrected chi connectivity index (χ2v) is 17.1. The van der Waals surface area contributed by atoms with Crippen LogP contribution in [-0.2, 0) is 19.2 Å². The van der Waals surface area contributed by atoms with Gasteiger partial charge in [-0.1, -0.05) is 148 Å². The lowest BCUT2D eigenvalue weighted by molar-refractivity contribution is -0.128. The number of aliphatic imine (C=N–C) groups is 2. The lowest BCUT2D eigenvalue weighted by atomic mass is 10.0. The maximum absolute atomic E-state index is 13.6. The van der Waals surface area contributed by atoms with Crippen LogP contribution >= 0.6 is 0 Å². The van der Waals surface area contributed by atoms with E-state index < -0.39 is 42.1 Å². The van der Waals surface area contributed by atoms with E-state index in [0.717, 1.165) is 70.6 Å². The van der Waals surface area contributed by atoms with Crippen molar-refractivity contribution >= 4 is 35.4 Å². The molecule has 0 spiro atoms. The Hall–Kier alpha value is -5.76. The lowest BCUT2D eigenvalue weighted by Gasteiger charge is -2.34. The summed E-state index contributed by atoms with van der Waals surface area (Å²) in [6, 6.07) is -2.54. The molecule has 2 aliphatic rings. The molecular weight excluding hydrogens is 879 g/mol. The van der Waals surface area contributed by atoms with E-state index in [9.17, 15) is 29.4 Å². The number of carbonyl (C=O) groups is 4. The minimum atomic E-state index is -1.14. The van der Waals surface area contributed by atoms with Gasteiger partial charge in [0.15, 0.2) is 5.84 Å². The minimum absolute atomic E-state index is 0.0502. The monoisotopic (exact) mass is 964 g/mol. The van der Waals surface area contributed by atoms with Crippen LogP contribution in [0.5, 0.6) is 0 Å². The fourth-order valence-electron chi connectivity index (χ4n) is 6.98. The number of fused-ring (bicyclic) bond motifs is 1. The zero-order chi connectivity index (χ0) is 50.7. The van der Waals surface area contributed by atoms with Gasteiger partial charge in [-0.15, -0.1) is 0 Å². The van der Waals surface area contributed by atoms with Crippen molar-refractivity contribution in [3.8, 4) is 0 Å². The van der Waals surface area contributed by atoms with Crippen molar-refractivity contribution in [2.45, 2.75) is 173 Å². The van der Waals surface area contributed by atoms with Gasteiger partial charge < -0.3 is 20.8 Å². The number of nitrogens with zero attached hydrogens (tertiary/aromatic N) is 2. The summed E-state index contributed by atoms with van der Waals surface area (Å²) in [5.74, 6) is -1.37. The molecule has 70 heavy (non-hydrogen) atoms. The number of guanidine groups is 1. The summed E-state index contributed by atoms with van der Waals surface area (Å²) in [5, 5.41) is 34.1. The zero-order valence-electron chi connectivity index (χ0n) is 42.4. The Morgan fingerprint density at radius 3 is 1.59 bits per heavy atom. The number of nitrogens with one attached hydrogen (secondary N) is 5. The Kier molecular flexibility index (Phi) is 35.4. The lowest BCUT2D eigenvalue weighted by Crippen LogP contribution is -2.65. The molecule has 1 unspecified atom stereocenters. The van der Waals surface area contributed by atoms with Crippen LogP contribution in [0.25, 0.3) is 0 Å². The van der Waals surface area contributed by atoms with Crippen LogP contribution in [0.2, 0.25) is 0 Å². The van der Waals surface area contributed by atoms with Gasteiger partial charge in [-0.3, -0.25) is 40.1 Å². The molecule has 13 heteroatoms. The van der Waals surface area contributed by atoms with Gasteiger partial charge in [0.2, 0.25) is 23.7 Å². The average molecular weight is 964 g/mol. The fraction of sp³-hybridized carbons (Fsp3) is 0.509. The quantitative estimate of drug-likeness (QED) is 0.0240.